The van der Waals surface area contributed by atoms with E-state index in [2.05, 4.69) is 9.97 Å². The van der Waals surface area contributed by atoms with Crippen molar-refractivity contribution in [2.75, 3.05) is 0 Å². The maximum Gasteiger partial charge on any atom is 0.178 e. The molecule has 1 aromatic carbocycles. The number of hydrogen-bond acceptors (Lipinski definition) is 3. The Bertz CT molecular complexity index is 911. The molecule has 0 aliphatic rings. The molecule has 3 heterocycles. The average Bonchev–Trinajstić information content (AvgIpc) is 3.18. The van der Waals surface area contributed by atoms with E-state index in [4.69, 9.17) is 4.42 Å². The van der Waals surface area contributed by atoms with Gasteiger partial charge in [0.05, 0.1) is 12.8 Å². The number of nitrogens with zero attached hydrogens (tertiary/aromatic N) is 3. The second kappa shape index (κ2) is 5.11. The zero-order valence-corrected chi connectivity index (χ0v) is 11.6. The van der Waals surface area contributed by atoms with E-state index in [1.54, 1.807) is 24.6 Å². The quantitative estimate of drug-likeness (QED) is 0.576. The molecule has 0 spiro atoms. The molecule has 0 aliphatic heterocycles. The monoisotopic (exact) mass is 293 g/mol. The smallest absolute Gasteiger partial charge is 0.178 e. The van der Waals surface area contributed by atoms with Crippen molar-refractivity contribution in [3.63, 3.8) is 0 Å². The van der Waals surface area contributed by atoms with Crippen LogP contribution in [0.3, 0.4) is 0 Å². The van der Waals surface area contributed by atoms with Crippen LogP contribution in [0.4, 0.5) is 4.39 Å². The minimum Gasteiger partial charge on any atom is -0.461 e. The van der Waals surface area contributed by atoms with Crippen LogP contribution in [0.2, 0.25) is 0 Å². The minimum absolute atomic E-state index is 0.247. The summed E-state index contributed by atoms with van der Waals surface area (Å²) in [6, 6.07) is 13.9. The topological polar surface area (TPSA) is 43.9 Å². The highest BCUT2D eigenvalue weighted by Gasteiger charge is 2.15. The summed E-state index contributed by atoms with van der Waals surface area (Å²) in [5, 5.41) is 0. The third-order valence-electron chi connectivity index (χ3n) is 3.50. The van der Waals surface area contributed by atoms with Gasteiger partial charge in [0.25, 0.3) is 0 Å². The van der Waals surface area contributed by atoms with Crippen molar-refractivity contribution in [3.05, 3.63) is 72.4 Å². The fourth-order valence-corrected chi connectivity index (χ4v) is 2.47. The Labute approximate surface area is 125 Å². The fraction of sp³-hybridized carbons (Fsp3) is 0.0588. The van der Waals surface area contributed by atoms with Crippen LogP contribution in [-0.4, -0.2) is 14.5 Å². The van der Waals surface area contributed by atoms with Crippen LogP contribution in [0, 0.1) is 5.82 Å². The van der Waals surface area contributed by atoms with Gasteiger partial charge in [0.1, 0.15) is 11.3 Å². The molecule has 0 unspecified atom stereocenters. The molecule has 0 N–H and O–H groups in total. The fourth-order valence-electron chi connectivity index (χ4n) is 2.47. The van der Waals surface area contributed by atoms with Gasteiger partial charge in [0.15, 0.2) is 17.2 Å². The summed E-state index contributed by atoms with van der Waals surface area (Å²) in [5.74, 6) is 1.15. The molecule has 0 radical (unpaired) electrons. The zero-order chi connectivity index (χ0) is 14.9. The summed E-state index contributed by atoms with van der Waals surface area (Å²) in [5.41, 5.74) is 2.55. The van der Waals surface area contributed by atoms with E-state index in [9.17, 15) is 4.39 Å². The predicted molar refractivity (Wildman–Crippen MR) is 80.7 cm³/mol. The lowest BCUT2D eigenvalue weighted by atomic mass is 10.2. The lowest BCUT2D eigenvalue weighted by Gasteiger charge is -2.07. The van der Waals surface area contributed by atoms with E-state index in [-0.39, 0.29) is 5.82 Å². The number of halogens is 1. The number of pyridine rings is 1. The molecule has 0 saturated heterocycles. The van der Waals surface area contributed by atoms with Gasteiger partial charge in [-0.1, -0.05) is 12.1 Å². The molecule has 4 aromatic rings. The summed E-state index contributed by atoms with van der Waals surface area (Å²) in [4.78, 5) is 9.01. The molecule has 0 bridgehead atoms. The van der Waals surface area contributed by atoms with Gasteiger partial charge >= 0.3 is 0 Å². The Morgan fingerprint density at radius 2 is 1.91 bits per heavy atom. The van der Waals surface area contributed by atoms with E-state index in [1.165, 1.54) is 12.1 Å². The molecule has 3 aromatic heterocycles. The summed E-state index contributed by atoms with van der Waals surface area (Å²) >= 11 is 0. The molecule has 5 heteroatoms. The van der Waals surface area contributed by atoms with Gasteiger partial charge in [-0.2, -0.15) is 0 Å². The number of furan rings is 1. The molecule has 108 valence electrons. The third kappa shape index (κ3) is 2.16. The standard InChI is InChI=1S/C17H12FN3O/c18-13-7-5-12(6-8-13)11-21-16-14(3-1-9-19-16)20-17(21)15-4-2-10-22-15/h1-10H,11H2. The van der Waals surface area contributed by atoms with Gasteiger partial charge in [0.2, 0.25) is 0 Å². The summed E-state index contributed by atoms with van der Waals surface area (Å²) in [7, 11) is 0. The third-order valence-corrected chi connectivity index (χ3v) is 3.50. The molecule has 4 rings (SSSR count). The highest BCUT2D eigenvalue weighted by atomic mass is 19.1. The number of hydrogen-bond donors (Lipinski definition) is 0. The Morgan fingerprint density at radius 1 is 1.05 bits per heavy atom. The lowest BCUT2D eigenvalue weighted by Crippen LogP contribution is -2.02. The number of benzene rings is 1. The number of imidazole rings is 1. The van der Waals surface area contributed by atoms with E-state index in [0.29, 0.717) is 18.1 Å². The van der Waals surface area contributed by atoms with Gasteiger partial charge < -0.3 is 8.98 Å². The molecule has 0 saturated carbocycles. The number of fused-ring (bicyclic) bond motifs is 1. The van der Waals surface area contributed by atoms with Crippen LogP contribution in [0.15, 0.2) is 65.4 Å². The van der Waals surface area contributed by atoms with Crippen LogP contribution < -0.4 is 0 Å². The lowest BCUT2D eigenvalue weighted by molar-refractivity contribution is 0.572. The highest BCUT2D eigenvalue weighted by molar-refractivity contribution is 5.76. The van der Waals surface area contributed by atoms with Crippen molar-refractivity contribution in [3.8, 4) is 11.6 Å². The Morgan fingerprint density at radius 3 is 2.68 bits per heavy atom. The van der Waals surface area contributed by atoms with Gasteiger partial charge in [-0.3, -0.25) is 0 Å². The van der Waals surface area contributed by atoms with Gasteiger partial charge in [-0.05, 0) is 42.0 Å². The van der Waals surface area contributed by atoms with Gasteiger partial charge in [0, 0.05) is 6.20 Å². The first-order valence-corrected chi connectivity index (χ1v) is 6.91. The second-order valence-electron chi connectivity index (χ2n) is 4.97. The number of aromatic nitrogens is 3. The predicted octanol–water partition coefficient (Wildman–Crippen LogP) is 3.88. The van der Waals surface area contributed by atoms with Crippen molar-refractivity contribution in [2.45, 2.75) is 6.54 Å². The van der Waals surface area contributed by atoms with Crippen molar-refractivity contribution in [2.24, 2.45) is 0 Å². The molecular weight excluding hydrogens is 281 g/mol. The largest absolute Gasteiger partial charge is 0.461 e. The molecular formula is C17H12FN3O. The maximum absolute atomic E-state index is 13.1. The average molecular weight is 293 g/mol. The van der Waals surface area contributed by atoms with Crippen LogP contribution in [0.1, 0.15) is 5.56 Å². The van der Waals surface area contributed by atoms with Crippen LogP contribution >= 0.6 is 0 Å². The van der Waals surface area contributed by atoms with Crippen LogP contribution in [0.5, 0.6) is 0 Å². The second-order valence-corrected chi connectivity index (χ2v) is 4.97. The van der Waals surface area contributed by atoms with Crippen LogP contribution in [-0.2, 0) is 6.54 Å². The first kappa shape index (κ1) is 12.8. The summed E-state index contributed by atoms with van der Waals surface area (Å²) in [6.45, 7) is 0.545. The van der Waals surface area contributed by atoms with E-state index in [1.807, 2.05) is 28.8 Å². The van der Waals surface area contributed by atoms with Crippen LogP contribution in [0.25, 0.3) is 22.7 Å². The first-order chi connectivity index (χ1) is 10.8. The molecule has 0 aliphatic carbocycles. The van der Waals surface area contributed by atoms with Gasteiger partial charge in [-0.15, -0.1) is 0 Å². The molecule has 0 fully saturated rings. The van der Waals surface area contributed by atoms with E-state index in [0.717, 1.165) is 16.7 Å². The Balaban J connectivity index is 1.87. The van der Waals surface area contributed by atoms with Crippen molar-refractivity contribution in [1.82, 2.24) is 14.5 Å². The summed E-state index contributed by atoms with van der Waals surface area (Å²) < 4.78 is 20.5. The maximum atomic E-state index is 13.1. The Hall–Kier alpha value is -2.95. The zero-order valence-electron chi connectivity index (χ0n) is 11.6. The minimum atomic E-state index is -0.247. The van der Waals surface area contributed by atoms with E-state index < -0.39 is 0 Å². The SMILES string of the molecule is Fc1ccc(Cn2c(-c3ccco3)nc3cccnc32)cc1. The highest BCUT2D eigenvalue weighted by Crippen LogP contribution is 2.25. The van der Waals surface area contributed by atoms with Crippen molar-refractivity contribution >= 4 is 11.2 Å². The number of rotatable bonds is 3. The van der Waals surface area contributed by atoms with Crippen molar-refractivity contribution < 1.29 is 8.81 Å². The molecule has 22 heavy (non-hydrogen) atoms. The molecule has 4 nitrogen and oxygen atoms in total. The summed E-state index contributed by atoms with van der Waals surface area (Å²) in [6.07, 6.45) is 3.35. The normalized spacial score (nSPS) is 11.1. The first-order valence-electron chi connectivity index (χ1n) is 6.91. The molecule has 0 amide bonds. The van der Waals surface area contributed by atoms with Crippen molar-refractivity contribution in [1.29, 1.82) is 0 Å². The molecule has 0 atom stereocenters. The van der Waals surface area contributed by atoms with Gasteiger partial charge in [-0.25, -0.2) is 14.4 Å². The Kier molecular flexibility index (Phi) is 2.96. The van der Waals surface area contributed by atoms with E-state index >= 15 is 0 Å².